The number of likely N-dealkylation sites (tertiary alicyclic amines) is 1. The van der Waals surface area contributed by atoms with Crippen LogP contribution in [0.25, 0.3) is 0 Å². The number of amides is 1. The van der Waals surface area contributed by atoms with Crippen LogP contribution in [0.2, 0.25) is 0 Å². The number of hydrogen-bond donors (Lipinski definition) is 1. The number of nitrogens with one attached hydrogen (secondary N) is 1. The van der Waals surface area contributed by atoms with Gasteiger partial charge in [-0.05, 0) is 26.7 Å². The third-order valence-corrected chi connectivity index (χ3v) is 3.38. The SMILES string of the molecule is CCCC(CC)NC1CC(=O)N(C(C)C)C1. The molecule has 94 valence electrons. The molecule has 0 radical (unpaired) electrons. The lowest BCUT2D eigenvalue weighted by atomic mass is 10.1. The third-order valence-electron chi connectivity index (χ3n) is 3.38. The summed E-state index contributed by atoms with van der Waals surface area (Å²) >= 11 is 0. The molecule has 1 aliphatic heterocycles. The van der Waals surface area contributed by atoms with E-state index in [0.717, 1.165) is 13.0 Å². The summed E-state index contributed by atoms with van der Waals surface area (Å²) in [4.78, 5) is 13.7. The minimum Gasteiger partial charge on any atom is -0.339 e. The molecule has 1 aliphatic rings. The molecule has 0 bridgehead atoms. The zero-order valence-corrected chi connectivity index (χ0v) is 11.1. The number of carbonyl (C=O) groups is 1. The predicted molar refractivity (Wildman–Crippen MR) is 67.4 cm³/mol. The average molecular weight is 226 g/mol. The van der Waals surface area contributed by atoms with E-state index in [4.69, 9.17) is 0 Å². The molecule has 16 heavy (non-hydrogen) atoms. The van der Waals surface area contributed by atoms with Crippen molar-refractivity contribution in [2.75, 3.05) is 6.54 Å². The van der Waals surface area contributed by atoms with Gasteiger partial charge in [0.05, 0.1) is 0 Å². The Morgan fingerprint density at radius 3 is 2.56 bits per heavy atom. The second-order valence-electron chi connectivity index (χ2n) is 5.10. The van der Waals surface area contributed by atoms with Crippen molar-refractivity contribution in [3.8, 4) is 0 Å². The Bertz CT molecular complexity index is 228. The second-order valence-corrected chi connectivity index (χ2v) is 5.10. The molecule has 0 saturated carbocycles. The summed E-state index contributed by atoms with van der Waals surface area (Å²) in [5, 5.41) is 3.62. The Morgan fingerprint density at radius 1 is 1.44 bits per heavy atom. The van der Waals surface area contributed by atoms with Gasteiger partial charge in [-0.15, -0.1) is 0 Å². The van der Waals surface area contributed by atoms with Gasteiger partial charge < -0.3 is 10.2 Å². The fraction of sp³-hybridized carbons (Fsp3) is 0.923. The first-order chi connectivity index (χ1) is 7.58. The first-order valence-electron chi connectivity index (χ1n) is 6.63. The fourth-order valence-electron chi connectivity index (χ4n) is 2.43. The molecule has 3 nitrogen and oxygen atoms in total. The highest BCUT2D eigenvalue weighted by Crippen LogP contribution is 2.16. The Labute approximate surface area is 99.6 Å². The predicted octanol–water partition coefficient (Wildman–Crippen LogP) is 2.16. The van der Waals surface area contributed by atoms with Crippen molar-refractivity contribution in [2.24, 2.45) is 0 Å². The van der Waals surface area contributed by atoms with Crippen LogP contribution >= 0.6 is 0 Å². The third kappa shape index (κ3) is 3.48. The number of rotatable bonds is 6. The monoisotopic (exact) mass is 226 g/mol. The van der Waals surface area contributed by atoms with Crippen molar-refractivity contribution >= 4 is 5.91 Å². The average Bonchev–Trinajstić information content (AvgIpc) is 2.59. The minimum absolute atomic E-state index is 0.304. The Kier molecular flexibility index (Phi) is 5.26. The van der Waals surface area contributed by atoms with Crippen molar-refractivity contribution in [1.82, 2.24) is 10.2 Å². The normalized spacial score (nSPS) is 23.2. The summed E-state index contributed by atoms with van der Waals surface area (Å²) in [7, 11) is 0. The van der Waals surface area contributed by atoms with Gasteiger partial charge in [0.15, 0.2) is 0 Å². The molecule has 0 aliphatic carbocycles. The summed E-state index contributed by atoms with van der Waals surface area (Å²) in [5.74, 6) is 0.304. The molecule has 0 aromatic carbocycles. The first-order valence-corrected chi connectivity index (χ1v) is 6.63. The lowest BCUT2D eigenvalue weighted by Crippen LogP contribution is -2.40. The lowest BCUT2D eigenvalue weighted by Gasteiger charge is -2.23. The van der Waals surface area contributed by atoms with Gasteiger partial charge in [0, 0.05) is 31.1 Å². The van der Waals surface area contributed by atoms with Gasteiger partial charge in [-0.2, -0.15) is 0 Å². The van der Waals surface area contributed by atoms with Crippen molar-refractivity contribution in [2.45, 2.75) is 71.5 Å². The molecule has 1 fully saturated rings. The Morgan fingerprint density at radius 2 is 2.12 bits per heavy atom. The summed E-state index contributed by atoms with van der Waals surface area (Å²) in [6, 6.07) is 1.28. The Balaban J connectivity index is 2.42. The summed E-state index contributed by atoms with van der Waals surface area (Å²) < 4.78 is 0. The van der Waals surface area contributed by atoms with Gasteiger partial charge in [0.25, 0.3) is 0 Å². The van der Waals surface area contributed by atoms with Crippen LogP contribution < -0.4 is 5.32 Å². The molecular weight excluding hydrogens is 200 g/mol. The summed E-state index contributed by atoms with van der Waals surface area (Å²) in [6.07, 6.45) is 4.25. The van der Waals surface area contributed by atoms with E-state index >= 15 is 0 Å². The van der Waals surface area contributed by atoms with Crippen LogP contribution in [-0.2, 0) is 4.79 Å². The van der Waals surface area contributed by atoms with E-state index in [2.05, 4.69) is 33.0 Å². The molecule has 1 saturated heterocycles. The van der Waals surface area contributed by atoms with E-state index in [-0.39, 0.29) is 0 Å². The smallest absolute Gasteiger partial charge is 0.224 e. The van der Waals surface area contributed by atoms with Crippen LogP contribution in [0, 0.1) is 0 Å². The number of carbonyl (C=O) groups excluding carboxylic acids is 1. The van der Waals surface area contributed by atoms with E-state index in [1.165, 1.54) is 12.8 Å². The molecule has 0 aromatic rings. The minimum atomic E-state index is 0.304. The van der Waals surface area contributed by atoms with Crippen LogP contribution in [-0.4, -0.2) is 35.5 Å². The van der Waals surface area contributed by atoms with Crippen LogP contribution in [0.5, 0.6) is 0 Å². The van der Waals surface area contributed by atoms with E-state index in [9.17, 15) is 4.79 Å². The second kappa shape index (κ2) is 6.24. The maximum absolute atomic E-state index is 11.7. The maximum Gasteiger partial charge on any atom is 0.224 e. The molecule has 3 heteroatoms. The topological polar surface area (TPSA) is 32.3 Å². The molecule has 1 heterocycles. The standard InChI is InChI=1S/C13H26N2O/c1-5-7-11(6-2)14-12-8-13(16)15(9-12)10(3)4/h10-12,14H,5-9H2,1-4H3. The van der Waals surface area contributed by atoms with E-state index < -0.39 is 0 Å². The number of hydrogen-bond acceptors (Lipinski definition) is 2. The molecule has 2 atom stereocenters. The van der Waals surface area contributed by atoms with Gasteiger partial charge >= 0.3 is 0 Å². The van der Waals surface area contributed by atoms with Crippen molar-refractivity contribution in [3.63, 3.8) is 0 Å². The highest BCUT2D eigenvalue weighted by atomic mass is 16.2. The summed E-state index contributed by atoms with van der Waals surface area (Å²) in [6.45, 7) is 9.48. The summed E-state index contributed by atoms with van der Waals surface area (Å²) in [5.41, 5.74) is 0. The van der Waals surface area contributed by atoms with E-state index in [0.29, 0.717) is 30.5 Å². The van der Waals surface area contributed by atoms with Crippen molar-refractivity contribution in [3.05, 3.63) is 0 Å². The van der Waals surface area contributed by atoms with Crippen molar-refractivity contribution < 1.29 is 4.79 Å². The van der Waals surface area contributed by atoms with E-state index in [1.54, 1.807) is 0 Å². The van der Waals surface area contributed by atoms with Crippen LogP contribution in [0.15, 0.2) is 0 Å². The van der Waals surface area contributed by atoms with Crippen LogP contribution in [0.1, 0.15) is 53.4 Å². The number of nitrogens with zero attached hydrogens (tertiary/aromatic N) is 1. The van der Waals surface area contributed by atoms with Crippen molar-refractivity contribution in [1.29, 1.82) is 0 Å². The molecule has 1 N–H and O–H groups in total. The van der Waals surface area contributed by atoms with Gasteiger partial charge in [-0.3, -0.25) is 4.79 Å². The molecule has 0 spiro atoms. The van der Waals surface area contributed by atoms with E-state index in [1.807, 2.05) is 4.90 Å². The molecular formula is C13H26N2O. The molecule has 1 rings (SSSR count). The lowest BCUT2D eigenvalue weighted by molar-refractivity contribution is -0.129. The Hall–Kier alpha value is -0.570. The first kappa shape index (κ1) is 13.5. The largest absolute Gasteiger partial charge is 0.339 e. The van der Waals surface area contributed by atoms with Crippen LogP contribution in [0.4, 0.5) is 0 Å². The fourth-order valence-corrected chi connectivity index (χ4v) is 2.43. The maximum atomic E-state index is 11.7. The molecule has 0 aromatic heterocycles. The quantitative estimate of drug-likeness (QED) is 0.753. The van der Waals surface area contributed by atoms with Crippen LogP contribution in [0.3, 0.4) is 0 Å². The van der Waals surface area contributed by atoms with Gasteiger partial charge in [-0.25, -0.2) is 0 Å². The van der Waals surface area contributed by atoms with Gasteiger partial charge in [-0.1, -0.05) is 20.3 Å². The van der Waals surface area contributed by atoms with Gasteiger partial charge in [0.2, 0.25) is 5.91 Å². The zero-order chi connectivity index (χ0) is 12.1. The zero-order valence-electron chi connectivity index (χ0n) is 11.1. The highest BCUT2D eigenvalue weighted by Gasteiger charge is 2.31. The molecule has 2 unspecified atom stereocenters. The highest BCUT2D eigenvalue weighted by molar-refractivity contribution is 5.79. The van der Waals surface area contributed by atoms with Gasteiger partial charge in [0.1, 0.15) is 0 Å². The molecule has 1 amide bonds.